The predicted octanol–water partition coefficient (Wildman–Crippen LogP) is 4.93. The van der Waals surface area contributed by atoms with E-state index in [2.05, 4.69) is 4.98 Å². The summed E-state index contributed by atoms with van der Waals surface area (Å²) in [5.41, 5.74) is 11.6. The van der Waals surface area contributed by atoms with Gasteiger partial charge in [-0.15, -0.1) is 0 Å². The molecule has 0 atom stereocenters. The summed E-state index contributed by atoms with van der Waals surface area (Å²) in [7, 11) is 0. The molecule has 0 saturated heterocycles. The SMILES string of the molecule is C/C=C\c1[nH]c(C(=N)c2cc(OCc3ccccc3)ccc2N)cc1C. The fourth-order valence-corrected chi connectivity index (χ4v) is 2.78. The van der Waals surface area contributed by atoms with Gasteiger partial charge in [0.25, 0.3) is 0 Å². The summed E-state index contributed by atoms with van der Waals surface area (Å²) in [5.74, 6) is 0.694. The Balaban J connectivity index is 1.83. The summed E-state index contributed by atoms with van der Waals surface area (Å²) in [6.45, 7) is 4.47. The smallest absolute Gasteiger partial charge is 0.120 e. The Morgan fingerprint density at radius 3 is 2.65 bits per heavy atom. The first kappa shape index (κ1) is 17.5. The van der Waals surface area contributed by atoms with Crippen LogP contribution in [0.4, 0.5) is 5.69 Å². The number of nitrogen functional groups attached to an aromatic ring is 1. The molecule has 0 amide bonds. The Morgan fingerprint density at radius 1 is 1.15 bits per heavy atom. The first-order chi connectivity index (χ1) is 12.6. The number of benzene rings is 2. The molecule has 1 heterocycles. The molecule has 0 radical (unpaired) electrons. The van der Waals surface area contributed by atoms with Crippen molar-refractivity contribution in [2.45, 2.75) is 20.5 Å². The van der Waals surface area contributed by atoms with Gasteiger partial charge < -0.3 is 15.5 Å². The summed E-state index contributed by atoms with van der Waals surface area (Å²) >= 11 is 0. The Kier molecular flexibility index (Phi) is 5.23. The second-order valence-electron chi connectivity index (χ2n) is 6.18. The number of nitrogens with two attached hydrogens (primary N) is 1. The molecule has 4 heteroatoms. The van der Waals surface area contributed by atoms with E-state index in [1.807, 2.05) is 74.5 Å². The third-order valence-corrected chi connectivity index (χ3v) is 4.20. The van der Waals surface area contributed by atoms with Gasteiger partial charge in [-0.3, -0.25) is 5.41 Å². The summed E-state index contributed by atoms with van der Waals surface area (Å²) < 4.78 is 5.87. The average molecular weight is 345 g/mol. The van der Waals surface area contributed by atoms with Crippen LogP contribution in [-0.2, 0) is 6.61 Å². The topological polar surface area (TPSA) is 74.9 Å². The minimum absolute atomic E-state index is 0.353. The molecule has 0 aliphatic carbocycles. The standard InChI is InChI=1S/C22H23N3O/c1-3-7-20-15(2)12-21(25-20)22(24)18-13-17(10-11-19(18)23)26-14-16-8-5-4-6-9-16/h3-13,24-25H,14,23H2,1-2H3/b7-3-,24-22?. The highest BCUT2D eigenvalue weighted by molar-refractivity contribution is 6.13. The highest BCUT2D eigenvalue weighted by atomic mass is 16.5. The number of H-pyrrole nitrogens is 1. The van der Waals surface area contributed by atoms with E-state index in [4.69, 9.17) is 15.9 Å². The van der Waals surface area contributed by atoms with Crippen molar-refractivity contribution in [3.63, 3.8) is 0 Å². The van der Waals surface area contributed by atoms with E-state index < -0.39 is 0 Å². The predicted molar refractivity (Wildman–Crippen MR) is 108 cm³/mol. The van der Waals surface area contributed by atoms with Gasteiger partial charge in [-0.25, -0.2) is 0 Å². The van der Waals surface area contributed by atoms with Crippen LogP contribution in [0.15, 0.2) is 60.7 Å². The van der Waals surface area contributed by atoms with E-state index in [1.165, 1.54) is 0 Å². The number of anilines is 1. The Labute approximate surface area is 153 Å². The zero-order valence-corrected chi connectivity index (χ0v) is 15.0. The van der Waals surface area contributed by atoms with Crippen LogP contribution in [0.25, 0.3) is 6.08 Å². The largest absolute Gasteiger partial charge is 0.489 e. The van der Waals surface area contributed by atoms with Crippen molar-refractivity contribution in [1.29, 1.82) is 5.41 Å². The van der Waals surface area contributed by atoms with Crippen LogP contribution in [0.1, 0.15) is 35.0 Å². The van der Waals surface area contributed by atoms with Crippen molar-refractivity contribution in [2.75, 3.05) is 5.73 Å². The number of allylic oxidation sites excluding steroid dienone is 1. The molecule has 1 aromatic heterocycles. The highest BCUT2D eigenvalue weighted by Gasteiger charge is 2.13. The lowest BCUT2D eigenvalue weighted by Gasteiger charge is -2.11. The number of nitrogens with one attached hydrogen (secondary N) is 2. The molecular formula is C22H23N3O. The van der Waals surface area contributed by atoms with E-state index in [1.54, 1.807) is 6.07 Å². The molecular weight excluding hydrogens is 322 g/mol. The molecule has 0 bridgehead atoms. The van der Waals surface area contributed by atoms with Crippen molar-refractivity contribution >= 4 is 17.5 Å². The average Bonchev–Trinajstić information content (AvgIpc) is 3.02. The lowest BCUT2D eigenvalue weighted by molar-refractivity contribution is 0.306. The van der Waals surface area contributed by atoms with E-state index in [0.717, 1.165) is 22.5 Å². The van der Waals surface area contributed by atoms with Crippen LogP contribution in [0.3, 0.4) is 0 Å². The third-order valence-electron chi connectivity index (χ3n) is 4.20. The molecule has 4 N–H and O–H groups in total. The number of aromatic nitrogens is 1. The number of aryl methyl sites for hydroxylation is 1. The molecule has 2 aromatic carbocycles. The molecule has 3 rings (SSSR count). The van der Waals surface area contributed by atoms with Gasteiger partial charge in [-0.2, -0.15) is 0 Å². The molecule has 0 aliphatic heterocycles. The maximum Gasteiger partial charge on any atom is 0.120 e. The normalized spacial score (nSPS) is 11.0. The number of hydrogen-bond acceptors (Lipinski definition) is 3. The quantitative estimate of drug-likeness (QED) is 0.437. The van der Waals surface area contributed by atoms with Crippen LogP contribution in [0.5, 0.6) is 5.75 Å². The van der Waals surface area contributed by atoms with Gasteiger partial charge in [0.15, 0.2) is 0 Å². The molecule has 0 fully saturated rings. The monoisotopic (exact) mass is 345 g/mol. The molecule has 4 nitrogen and oxygen atoms in total. The van der Waals surface area contributed by atoms with Crippen LogP contribution in [0.2, 0.25) is 0 Å². The minimum Gasteiger partial charge on any atom is -0.489 e. The maximum absolute atomic E-state index is 8.56. The zero-order chi connectivity index (χ0) is 18.5. The zero-order valence-electron chi connectivity index (χ0n) is 15.0. The fourth-order valence-electron chi connectivity index (χ4n) is 2.78. The Bertz CT molecular complexity index is 939. The van der Waals surface area contributed by atoms with Gasteiger partial charge in [-0.05, 0) is 55.3 Å². The molecule has 26 heavy (non-hydrogen) atoms. The lowest BCUT2D eigenvalue weighted by Crippen LogP contribution is -2.07. The number of rotatable bonds is 6. The molecule has 0 spiro atoms. The number of ether oxygens (including phenoxy) is 1. The van der Waals surface area contributed by atoms with Gasteiger partial charge in [0.05, 0.1) is 11.4 Å². The van der Waals surface area contributed by atoms with Gasteiger partial charge in [0.2, 0.25) is 0 Å². The van der Waals surface area contributed by atoms with Crippen LogP contribution in [0, 0.1) is 12.3 Å². The maximum atomic E-state index is 8.56. The van der Waals surface area contributed by atoms with Gasteiger partial charge in [-0.1, -0.05) is 36.4 Å². The molecule has 3 aromatic rings. The summed E-state index contributed by atoms with van der Waals surface area (Å²) in [4.78, 5) is 3.28. The Hall–Kier alpha value is -3.27. The first-order valence-corrected chi connectivity index (χ1v) is 8.56. The summed E-state index contributed by atoms with van der Waals surface area (Å²) in [6, 6.07) is 17.4. The summed E-state index contributed by atoms with van der Waals surface area (Å²) in [6.07, 6.45) is 3.97. The highest BCUT2D eigenvalue weighted by Crippen LogP contribution is 2.24. The van der Waals surface area contributed by atoms with Gasteiger partial charge in [0.1, 0.15) is 12.4 Å². The minimum atomic E-state index is 0.353. The van der Waals surface area contributed by atoms with Crippen molar-refractivity contribution in [3.8, 4) is 5.75 Å². The third kappa shape index (κ3) is 3.86. The second kappa shape index (κ2) is 7.74. The van der Waals surface area contributed by atoms with Crippen LogP contribution < -0.4 is 10.5 Å². The van der Waals surface area contributed by atoms with Crippen molar-refractivity contribution < 1.29 is 4.74 Å². The first-order valence-electron chi connectivity index (χ1n) is 8.56. The van der Waals surface area contributed by atoms with E-state index in [-0.39, 0.29) is 0 Å². The van der Waals surface area contributed by atoms with E-state index >= 15 is 0 Å². The van der Waals surface area contributed by atoms with Crippen LogP contribution >= 0.6 is 0 Å². The van der Waals surface area contributed by atoms with Crippen molar-refractivity contribution in [2.24, 2.45) is 0 Å². The Morgan fingerprint density at radius 2 is 1.92 bits per heavy atom. The van der Waals surface area contributed by atoms with Crippen molar-refractivity contribution in [3.05, 3.63) is 88.8 Å². The molecule has 0 aliphatic rings. The fraction of sp³-hybridized carbons (Fsp3) is 0.136. The van der Waals surface area contributed by atoms with Gasteiger partial charge >= 0.3 is 0 Å². The number of hydrogen-bond donors (Lipinski definition) is 3. The van der Waals surface area contributed by atoms with E-state index in [9.17, 15) is 0 Å². The van der Waals surface area contributed by atoms with Crippen LogP contribution in [-0.4, -0.2) is 10.7 Å². The molecule has 0 saturated carbocycles. The lowest BCUT2D eigenvalue weighted by atomic mass is 10.0. The van der Waals surface area contributed by atoms with Gasteiger partial charge in [0, 0.05) is 16.9 Å². The molecule has 0 unspecified atom stereocenters. The molecule has 132 valence electrons. The van der Waals surface area contributed by atoms with E-state index in [0.29, 0.717) is 29.3 Å². The number of aromatic amines is 1. The van der Waals surface area contributed by atoms with Crippen molar-refractivity contribution in [1.82, 2.24) is 4.98 Å². The summed E-state index contributed by atoms with van der Waals surface area (Å²) in [5, 5.41) is 8.56. The second-order valence-corrected chi connectivity index (χ2v) is 6.18.